The Morgan fingerprint density at radius 3 is 2.26 bits per heavy atom. The Balaban J connectivity index is 1.92. The standard InChI is InChI=1S/C17H19NO4S/c1-3-13-4-6-14(7-5-13)18-23(19,20)17-11-16-15(10-12(17)2)21-8-9-22-16/h4-7,10-11,18H,3,8-9H2,1-2H3. The molecule has 1 heterocycles. The van der Waals surface area contributed by atoms with Crippen LogP contribution >= 0.6 is 0 Å². The largest absolute Gasteiger partial charge is 0.486 e. The van der Waals surface area contributed by atoms with Crippen molar-refractivity contribution >= 4 is 15.7 Å². The molecule has 0 atom stereocenters. The molecule has 0 saturated carbocycles. The Bertz CT molecular complexity index is 813. The molecule has 0 saturated heterocycles. The quantitative estimate of drug-likeness (QED) is 0.933. The molecule has 5 nitrogen and oxygen atoms in total. The second kappa shape index (κ2) is 6.12. The van der Waals surface area contributed by atoms with Crippen molar-refractivity contribution in [2.45, 2.75) is 25.2 Å². The molecule has 0 radical (unpaired) electrons. The van der Waals surface area contributed by atoms with Crippen LogP contribution in [-0.2, 0) is 16.4 Å². The molecule has 1 N–H and O–H groups in total. The smallest absolute Gasteiger partial charge is 0.262 e. The van der Waals surface area contributed by atoms with Crippen LogP contribution in [0.5, 0.6) is 11.5 Å². The van der Waals surface area contributed by atoms with E-state index in [1.807, 2.05) is 12.1 Å². The summed E-state index contributed by atoms with van der Waals surface area (Å²) in [6.45, 7) is 4.69. The van der Waals surface area contributed by atoms with Gasteiger partial charge in [0.05, 0.1) is 4.90 Å². The lowest BCUT2D eigenvalue weighted by atomic mass is 10.2. The van der Waals surface area contributed by atoms with Gasteiger partial charge in [-0.2, -0.15) is 0 Å². The molecule has 2 aromatic carbocycles. The van der Waals surface area contributed by atoms with Gasteiger partial charge in [-0.05, 0) is 42.7 Å². The number of hydrogen-bond acceptors (Lipinski definition) is 4. The number of nitrogens with one attached hydrogen (secondary N) is 1. The van der Waals surface area contributed by atoms with Gasteiger partial charge in [-0.3, -0.25) is 4.72 Å². The first kappa shape index (κ1) is 15.7. The molecule has 0 spiro atoms. The normalized spacial score (nSPS) is 13.7. The highest BCUT2D eigenvalue weighted by Crippen LogP contribution is 2.35. The Morgan fingerprint density at radius 2 is 1.65 bits per heavy atom. The molecule has 23 heavy (non-hydrogen) atoms. The number of sulfonamides is 1. The van der Waals surface area contributed by atoms with Crippen LogP contribution in [0.4, 0.5) is 5.69 Å². The average Bonchev–Trinajstić information content (AvgIpc) is 2.54. The van der Waals surface area contributed by atoms with Gasteiger partial charge in [0.2, 0.25) is 0 Å². The van der Waals surface area contributed by atoms with E-state index in [1.165, 1.54) is 6.07 Å². The summed E-state index contributed by atoms with van der Waals surface area (Å²) >= 11 is 0. The van der Waals surface area contributed by atoms with Gasteiger partial charge in [0.1, 0.15) is 13.2 Å². The van der Waals surface area contributed by atoms with E-state index in [0.29, 0.717) is 36.0 Å². The van der Waals surface area contributed by atoms with E-state index < -0.39 is 10.0 Å². The molecule has 122 valence electrons. The molecule has 3 rings (SSSR count). The minimum atomic E-state index is -3.68. The number of anilines is 1. The SMILES string of the molecule is CCc1ccc(NS(=O)(=O)c2cc3c(cc2C)OCCO3)cc1. The summed E-state index contributed by atoms with van der Waals surface area (Å²) < 4.78 is 38.9. The molecule has 0 aromatic heterocycles. The van der Waals surface area contributed by atoms with E-state index in [9.17, 15) is 8.42 Å². The van der Waals surface area contributed by atoms with Crippen LogP contribution in [0.15, 0.2) is 41.3 Å². The summed E-state index contributed by atoms with van der Waals surface area (Å²) in [5.41, 5.74) is 2.31. The van der Waals surface area contributed by atoms with Crippen molar-refractivity contribution < 1.29 is 17.9 Å². The molecule has 6 heteroatoms. The zero-order valence-corrected chi connectivity index (χ0v) is 13.9. The monoisotopic (exact) mass is 333 g/mol. The maximum absolute atomic E-state index is 12.7. The van der Waals surface area contributed by atoms with Gasteiger partial charge in [-0.1, -0.05) is 19.1 Å². The van der Waals surface area contributed by atoms with E-state index in [4.69, 9.17) is 9.47 Å². The predicted octanol–water partition coefficient (Wildman–Crippen LogP) is 3.13. The van der Waals surface area contributed by atoms with Gasteiger partial charge in [0, 0.05) is 11.8 Å². The topological polar surface area (TPSA) is 64.6 Å². The fourth-order valence-corrected chi connectivity index (χ4v) is 3.78. The van der Waals surface area contributed by atoms with E-state index in [-0.39, 0.29) is 4.90 Å². The van der Waals surface area contributed by atoms with Gasteiger partial charge in [0.25, 0.3) is 10.0 Å². The van der Waals surface area contributed by atoms with Crippen LogP contribution < -0.4 is 14.2 Å². The first-order chi connectivity index (χ1) is 11.0. The van der Waals surface area contributed by atoms with Crippen LogP contribution in [0.25, 0.3) is 0 Å². The number of rotatable bonds is 4. The van der Waals surface area contributed by atoms with Crippen molar-refractivity contribution in [3.63, 3.8) is 0 Å². The molecular formula is C17H19NO4S. The molecule has 0 unspecified atom stereocenters. The Morgan fingerprint density at radius 1 is 1.04 bits per heavy atom. The molecule has 0 bridgehead atoms. The van der Waals surface area contributed by atoms with Gasteiger partial charge < -0.3 is 9.47 Å². The third kappa shape index (κ3) is 3.27. The van der Waals surface area contributed by atoms with Crippen LogP contribution in [-0.4, -0.2) is 21.6 Å². The van der Waals surface area contributed by atoms with E-state index in [1.54, 1.807) is 25.1 Å². The molecule has 0 aliphatic carbocycles. The zero-order valence-electron chi connectivity index (χ0n) is 13.1. The lowest BCUT2D eigenvalue weighted by Gasteiger charge is -2.20. The Kier molecular flexibility index (Phi) is 4.17. The second-order valence-electron chi connectivity index (χ2n) is 5.42. The lowest BCUT2D eigenvalue weighted by molar-refractivity contribution is 0.171. The van der Waals surface area contributed by atoms with Gasteiger partial charge >= 0.3 is 0 Å². The molecule has 0 fully saturated rings. The van der Waals surface area contributed by atoms with Gasteiger partial charge in [-0.15, -0.1) is 0 Å². The van der Waals surface area contributed by atoms with Crippen molar-refractivity contribution in [3.8, 4) is 11.5 Å². The highest BCUT2D eigenvalue weighted by molar-refractivity contribution is 7.92. The van der Waals surface area contributed by atoms with Crippen LogP contribution in [0.2, 0.25) is 0 Å². The first-order valence-electron chi connectivity index (χ1n) is 7.51. The van der Waals surface area contributed by atoms with E-state index in [2.05, 4.69) is 11.6 Å². The number of hydrogen-bond donors (Lipinski definition) is 1. The van der Waals surface area contributed by atoms with Crippen molar-refractivity contribution in [1.82, 2.24) is 0 Å². The molecule has 2 aromatic rings. The molecule has 1 aliphatic heterocycles. The molecule has 1 aliphatic rings. The average molecular weight is 333 g/mol. The molecule has 0 amide bonds. The summed E-state index contributed by atoms with van der Waals surface area (Å²) in [5.74, 6) is 1.04. The third-order valence-corrected chi connectivity index (χ3v) is 5.27. The first-order valence-corrected chi connectivity index (χ1v) is 9.00. The summed E-state index contributed by atoms with van der Waals surface area (Å²) in [4.78, 5) is 0.196. The highest BCUT2D eigenvalue weighted by atomic mass is 32.2. The maximum Gasteiger partial charge on any atom is 0.262 e. The van der Waals surface area contributed by atoms with Crippen LogP contribution in [0.3, 0.4) is 0 Å². The van der Waals surface area contributed by atoms with Crippen LogP contribution in [0, 0.1) is 6.92 Å². The molecular weight excluding hydrogens is 314 g/mol. The predicted molar refractivity (Wildman–Crippen MR) is 88.8 cm³/mol. The maximum atomic E-state index is 12.7. The Labute approximate surface area is 136 Å². The fourth-order valence-electron chi connectivity index (χ4n) is 2.48. The second-order valence-corrected chi connectivity index (χ2v) is 7.07. The highest BCUT2D eigenvalue weighted by Gasteiger charge is 2.22. The summed E-state index contributed by atoms with van der Waals surface area (Å²) in [6.07, 6.45) is 0.911. The van der Waals surface area contributed by atoms with Gasteiger partial charge in [-0.25, -0.2) is 8.42 Å². The third-order valence-electron chi connectivity index (χ3n) is 3.74. The van der Waals surface area contributed by atoms with Crippen LogP contribution in [0.1, 0.15) is 18.1 Å². The van der Waals surface area contributed by atoms with Crippen molar-refractivity contribution in [1.29, 1.82) is 0 Å². The summed E-state index contributed by atoms with van der Waals surface area (Å²) in [5, 5.41) is 0. The van der Waals surface area contributed by atoms with Crippen molar-refractivity contribution in [2.24, 2.45) is 0 Å². The number of fused-ring (bicyclic) bond motifs is 1. The zero-order chi connectivity index (χ0) is 16.4. The lowest BCUT2D eigenvalue weighted by Crippen LogP contribution is -2.18. The Hall–Kier alpha value is -2.21. The minimum Gasteiger partial charge on any atom is -0.486 e. The van der Waals surface area contributed by atoms with E-state index in [0.717, 1.165) is 12.0 Å². The summed E-state index contributed by atoms with van der Waals surface area (Å²) in [6, 6.07) is 10.6. The number of benzene rings is 2. The van der Waals surface area contributed by atoms with Crippen molar-refractivity contribution in [2.75, 3.05) is 17.9 Å². The number of ether oxygens (including phenoxy) is 2. The van der Waals surface area contributed by atoms with Gasteiger partial charge in [0.15, 0.2) is 11.5 Å². The minimum absolute atomic E-state index is 0.196. The number of aryl methyl sites for hydroxylation is 2. The fraction of sp³-hybridized carbons (Fsp3) is 0.294. The van der Waals surface area contributed by atoms with Crippen molar-refractivity contribution in [3.05, 3.63) is 47.5 Å². The summed E-state index contributed by atoms with van der Waals surface area (Å²) in [7, 11) is -3.68. The van der Waals surface area contributed by atoms with E-state index >= 15 is 0 Å².